The summed E-state index contributed by atoms with van der Waals surface area (Å²) in [4.78, 5) is 2.11. The monoisotopic (exact) mass is 300 g/mol. The van der Waals surface area contributed by atoms with Crippen LogP contribution in [0.15, 0.2) is 48.5 Å². The Morgan fingerprint density at radius 1 is 1.05 bits per heavy atom. The molecule has 0 aliphatic carbocycles. The van der Waals surface area contributed by atoms with E-state index in [1.165, 1.54) is 23.3 Å². The Kier molecular flexibility index (Phi) is 4.99. The second-order valence-corrected chi connectivity index (χ2v) is 6.35. The van der Waals surface area contributed by atoms with Gasteiger partial charge in [-0.25, -0.2) is 4.39 Å². The van der Waals surface area contributed by atoms with Crippen LogP contribution in [0.1, 0.15) is 23.6 Å². The van der Waals surface area contributed by atoms with Crippen molar-refractivity contribution < 1.29 is 4.39 Å². The van der Waals surface area contributed by atoms with Crippen molar-refractivity contribution in [1.29, 1.82) is 0 Å². The molecule has 118 valence electrons. The third-order valence-electron chi connectivity index (χ3n) is 4.52. The van der Waals surface area contributed by atoms with Crippen molar-refractivity contribution in [3.63, 3.8) is 0 Å². The number of likely N-dealkylation sites (N-methyl/N-ethyl adjacent to an activating group) is 1. The molecule has 0 fully saturated rings. The van der Waals surface area contributed by atoms with E-state index in [0.717, 1.165) is 5.56 Å². The Bertz CT molecular complexity index is 604. The largest absolute Gasteiger partial charge is 0.320 e. The Morgan fingerprint density at radius 2 is 1.59 bits per heavy atom. The summed E-state index contributed by atoms with van der Waals surface area (Å²) in [5, 5.41) is 0. The Labute approximate surface area is 132 Å². The molecule has 2 rings (SSSR count). The van der Waals surface area contributed by atoms with Crippen molar-refractivity contribution in [2.24, 2.45) is 5.73 Å². The van der Waals surface area contributed by atoms with Gasteiger partial charge in [-0.2, -0.15) is 0 Å². The molecule has 3 heteroatoms. The highest BCUT2D eigenvalue weighted by molar-refractivity contribution is 5.31. The van der Waals surface area contributed by atoms with Gasteiger partial charge in [-0.1, -0.05) is 42.0 Å². The summed E-state index contributed by atoms with van der Waals surface area (Å²) >= 11 is 0. The molecular weight excluding hydrogens is 275 g/mol. The van der Waals surface area contributed by atoms with E-state index in [9.17, 15) is 4.39 Å². The van der Waals surface area contributed by atoms with Gasteiger partial charge in [-0.05, 0) is 57.6 Å². The van der Waals surface area contributed by atoms with E-state index in [-0.39, 0.29) is 11.9 Å². The normalized spacial score (nSPS) is 15.6. The van der Waals surface area contributed by atoms with E-state index in [4.69, 9.17) is 5.73 Å². The minimum Gasteiger partial charge on any atom is -0.320 e. The lowest BCUT2D eigenvalue weighted by atomic mass is 9.78. The molecule has 0 bridgehead atoms. The molecule has 0 aromatic heterocycles. The van der Waals surface area contributed by atoms with Crippen LogP contribution >= 0.6 is 0 Å². The van der Waals surface area contributed by atoms with Gasteiger partial charge in [-0.3, -0.25) is 0 Å². The summed E-state index contributed by atoms with van der Waals surface area (Å²) in [6.45, 7) is 4.18. The standard InChI is InChI=1S/C19H25FN2/c1-14-5-7-16(8-6-14)13-19(21,15(2)22(3)4)17-9-11-18(20)12-10-17/h5-12,15H,13,21H2,1-4H3. The maximum absolute atomic E-state index is 13.3. The van der Waals surface area contributed by atoms with Crippen LogP contribution in [0.25, 0.3) is 0 Å². The van der Waals surface area contributed by atoms with E-state index in [2.05, 4.69) is 43.0 Å². The maximum Gasteiger partial charge on any atom is 0.123 e. The van der Waals surface area contributed by atoms with Crippen LogP contribution in [-0.4, -0.2) is 25.0 Å². The number of hydrogen-bond acceptors (Lipinski definition) is 2. The fourth-order valence-corrected chi connectivity index (χ4v) is 2.76. The second-order valence-electron chi connectivity index (χ2n) is 6.35. The zero-order valence-electron chi connectivity index (χ0n) is 13.8. The van der Waals surface area contributed by atoms with Gasteiger partial charge in [0.05, 0.1) is 5.54 Å². The summed E-state index contributed by atoms with van der Waals surface area (Å²) in [5.74, 6) is -0.237. The van der Waals surface area contributed by atoms with Crippen LogP contribution in [0, 0.1) is 12.7 Å². The summed E-state index contributed by atoms with van der Waals surface area (Å²) in [6.07, 6.45) is 0.707. The number of nitrogens with two attached hydrogens (primary N) is 1. The second kappa shape index (κ2) is 6.59. The minimum absolute atomic E-state index is 0.110. The third-order valence-corrected chi connectivity index (χ3v) is 4.52. The number of rotatable bonds is 5. The van der Waals surface area contributed by atoms with E-state index >= 15 is 0 Å². The number of aryl methyl sites for hydroxylation is 1. The quantitative estimate of drug-likeness (QED) is 0.916. The average Bonchev–Trinajstić information content (AvgIpc) is 2.49. The van der Waals surface area contributed by atoms with Gasteiger partial charge in [0.2, 0.25) is 0 Å². The van der Waals surface area contributed by atoms with Crippen molar-refractivity contribution >= 4 is 0 Å². The van der Waals surface area contributed by atoms with Gasteiger partial charge in [-0.15, -0.1) is 0 Å². The summed E-state index contributed by atoms with van der Waals surface area (Å²) < 4.78 is 13.3. The molecule has 2 unspecified atom stereocenters. The first kappa shape index (κ1) is 16.7. The molecule has 0 heterocycles. The van der Waals surface area contributed by atoms with Crippen LogP contribution < -0.4 is 5.73 Å². The fourth-order valence-electron chi connectivity index (χ4n) is 2.76. The molecule has 2 aromatic rings. The zero-order chi connectivity index (χ0) is 16.3. The van der Waals surface area contributed by atoms with Gasteiger partial charge in [0, 0.05) is 6.04 Å². The minimum atomic E-state index is -0.577. The molecule has 2 N–H and O–H groups in total. The molecule has 0 saturated heterocycles. The first-order valence-electron chi connectivity index (χ1n) is 7.60. The molecule has 0 spiro atoms. The van der Waals surface area contributed by atoms with Crippen molar-refractivity contribution in [3.05, 3.63) is 71.0 Å². The highest BCUT2D eigenvalue weighted by Gasteiger charge is 2.35. The molecule has 22 heavy (non-hydrogen) atoms. The molecule has 2 aromatic carbocycles. The van der Waals surface area contributed by atoms with Crippen LogP contribution in [-0.2, 0) is 12.0 Å². The van der Waals surface area contributed by atoms with Crippen LogP contribution in [0.4, 0.5) is 4.39 Å². The van der Waals surface area contributed by atoms with Crippen molar-refractivity contribution in [2.75, 3.05) is 14.1 Å². The zero-order valence-corrected chi connectivity index (χ0v) is 13.8. The van der Waals surface area contributed by atoms with E-state index < -0.39 is 5.54 Å². The molecule has 2 nitrogen and oxygen atoms in total. The third kappa shape index (κ3) is 3.54. The lowest BCUT2D eigenvalue weighted by molar-refractivity contribution is 0.190. The van der Waals surface area contributed by atoms with Crippen molar-refractivity contribution in [3.8, 4) is 0 Å². The highest BCUT2D eigenvalue weighted by atomic mass is 19.1. The average molecular weight is 300 g/mol. The molecule has 0 saturated carbocycles. The Balaban J connectivity index is 2.41. The predicted octanol–water partition coefficient (Wildman–Crippen LogP) is 3.48. The topological polar surface area (TPSA) is 29.3 Å². The van der Waals surface area contributed by atoms with Crippen LogP contribution in [0.2, 0.25) is 0 Å². The summed E-state index contributed by atoms with van der Waals surface area (Å²) in [6, 6.07) is 15.1. The highest BCUT2D eigenvalue weighted by Crippen LogP contribution is 2.29. The van der Waals surface area contributed by atoms with E-state index in [1.807, 2.05) is 14.1 Å². The van der Waals surface area contributed by atoms with Crippen LogP contribution in [0.3, 0.4) is 0 Å². The summed E-state index contributed by atoms with van der Waals surface area (Å²) in [5.41, 5.74) is 9.61. The van der Waals surface area contributed by atoms with Gasteiger partial charge in [0.15, 0.2) is 0 Å². The van der Waals surface area contributed by atoms with E-state index in [0.29, 0.717) is 6.42 Å². The Morgan fingerprint density at radius 3 is 2.09 bits per heavy atom. The lowest BCUT2D eigenvalue weighted by Gasteiger charge is -2.40. The SMILES string of the molecule is Cc1ccc(CC(N)(c2ccc(F)cc2)C(C)N(C)C)cc1. The molecule has 0 radical (unpaired) electrons. The van der Waals surface area contributed by atoms with Gasteiger partial charge in [0.1, 0.15) is 5.82 Å². The lowest BCUT2D eigenvalue weighted by Crippen LogP contribution is -2.54. The first-order valence-corrected chi connectivity index (χ1v) is 7.60. The molecule has 0 aliphatic rings. The predicted molar refractivity (Wildman–Crippen MR) is 90.3 cm³/mol. The van der Waals surface area contributed by atoms with Crippen molar-refractivity contribution in [1.82, 2.24) is 4.90 Å². The molecular formula is C19H25FN2. The number of nitrogens with zero attached hydrogens (tertiary/aromatic N) is 1. The smallest absolute Gasteiger partial charge is 0.123 e. The van der Waals surface area contributed by atoms with Crippen LogP contribution in [0.5, 0.6) is 0 Å². The number of halogens is 1. The number of hydrogen-bond donors (Lipinski definition) is 1. The molecule has 2 atom stereocenters. The van der Waals surface area contributed by atoms with E-state index in [1.54, 1.807) is 12.1 Å². The maximum atomic E-state index is 13.3. The van der Waals surface area contributed by atoms with Gasteiger partial charge in [0.25, 0.3) is 0 Å². The van der Waals surface area contributed by atoms with Gasteiger partial charge >= 0.3 is 0 Å². The number of benzene rings is 2. The Hall–Kier alpha value is -1.71. The summed E-state index contributed by atoms with van der Waals surface area (Å²) in [7, 11) is 4.04. The molecule has 0 aliphatic heterocycles. The first-order chi connectivity index (χ1) is 10.3. The van der Waals surface area contributed by atoms with Crippen molar-refractivity contribution in [2.45, 2.75) is 31.8 Å². The molecule has 0 amide bonds. The fraction of sp³-hybridized carbons (Fsp3) is 0.368. The van der Waals surface area contributed by atoms with Gasteiger partial charge < -0.3 is 10.6 Å².